The Morgan fingerprint density at radius 2 is 2.19 bits per heavy atom. The summed E-state index contributed by atoms with van der Waals surface area (Å²) in [7, 11) is 1.69. The smallest absolute Gasteiger partial charge is 0.244 e. The summed E-state index contributed by atoms with van der Waals surface area (Å²) in [5, 5.41) is 12.3. The van der Waals surface area contributed by atoms with E-state index in [9.17, 15) is 9.90 Å². The van der Waals surface area contributed by atoms with Crippen LogP contribution in [0.15, 0.2) is 48.5 Å². The number of hydrogen-bond donors (Lipinski definition) is 2. The van der Waals surface area contributed by atoms with Crippen LogP contribution in [0.4, 0.5) is 5.69 Å². The number of phenols is 1. The Morgan fingerprint density at radius 3 is 3.00 bits per heavy atom. The maximum Gasteiger partial charge on any atom is 0.244 e. The first-order valence-corrected chi connectivity index (χ1v) is 8.82. The lowest BCUT2D eigenvalue weighted by Crippen LogP contribution is -2.28. The van der Waals surface area contributed by atoms with Crippen molar-refractivity contribution >= 4 is 17.7 Å². The zero-order valence-electron chi connectivity index (χ0n) is 14.9. The molecular weight excluding hydrogens is 328 g/mol. The molecule has 0 atom stereocenters. The summed E-state index contributed by atoms with van der Waals surface area (Å²) in [4.78, 5) is 14.2. The summed E-state index contributed by atoms with van der Waals surface area (Å²) in [5.74, 6) is 0.965. The van der Waals surface area contributed by atoms with Crippen LogP contribution in [0.5, 0.6) is 11.5 Å². The molecule has 0 fully saturated rings. The fourth-order valence-corrected chi connectivity index (χ4v) is 3.15. The molecule has 0 aliphatic carbocycles. The van der Waals surface area contributed by atoms with Gasteiger partial charge in [0.15, 0.2) is 0 Å². The van der Waals surface area contributed by atoms with Crippen molar-refractivity contribution in [3.05, 3.63) is 59.7 Å². The van der Waals surface area contributed by atoms with E-state index in [0.717, 1.165) is 37.2 Å². The van der Waals surface area contributed by atoms with Crippen LogP contribution in [-0.2, 0) is 11.2 Å². The van der Waals surface area contributed by atoms with Crippen molar-refractivity contribution < 1.29 is 14.6 Å². The molecule has 26 heavy (non-hydrogen) atoms. The van der Waals surface area contributed by atoms with Crippen molar-refractivity contribution in [3.63, 3.8) is 0 Å². The van der Waals surface area contributed by atoms with E-state index in [1.807, 2.05) is 12.1 Å². The number of carbonyl (C=O) groups excluding carboxylic acids is 1. The quantitative estimate of drug-likeness (QED) is 0.594. The molecule has 136 valence electrons. The number of fused-ring (bicyclic) bond motifs is 1. The van der Waals surface area contributed by atoms with E-state index in [1.165, 1.54) is 17.3 Å². The highest BCUT2D eigenvalue weighted by atomic mass is 16.5. The fraction of sp³-hybridized carbons (Fsp3) is 0.286. The first kappa shape index (κ1) is 17.9. The minimum Gasteiger partial charge on any atom is -0.508 e. The van der Waals surface area contributed by atoms with Gasteiger partial charge in [0.1, 0.15) is 11.5 Å². The predicted molar refractivity (Wildman–Crippen MR) is 104 cm³/mol. The molecule has 0 aromatic heterocycles. The van der Waals surface area contributed by atoms with Crippen molar-refractivity contribution in [1.29, 1.82) is 0 Å². The number of rotatable bonds is 7. The van der Waals surface area contributed by atoms with Crippen molar-refractivity contribution in [2.75, 3.05) is 31.6 Å². The topological polar surface area (TPSA) is 61.8 Å². The van der Waals surface area contributed by atoms with Gasteiger partial charge in [-0.25, -0.2) is 0 Å². The zero-order chi connectivity index (χ0) is 18.4. The molecule has 1 heterocycles. The number of benzene rings is 2. The number of aromatic hydroxyl groups is 1. The molecule has 1 amide bonds. The van der Waals surface area contributed by atoms with E-state index in [0.29, 0.717) is 6.54 Å². The summed E-state index contributed by atoms with van der Waals surface area (Å²) in [6.07, 6.45) is 5.11. The van der Waals surface area contributed by atoms with Crippen LogP contribution in [0, 0.1) is 0 Å². The molecule has 0 saturated carbocycles. The lowest BCUT2D eigenvalue weighted by molar-refractivity contribution is -0.116. The standard InChI is InChI=1S/C21H24N2O3/c1-26-19-7-8-20-17(15-19)10-13-23(20)12-3-11-22-21(25)9-6-16-4-2-5-18(24)14-16/h2,4-9,14-15,24H,3,10-13H2,1H3,(H,22,25)/b9-6+. The van der Waals surface area contributed by atoms with Gasteiger partial charge in [0, 0.05) is 31.4 Å². The van der Waals surface area contributed by atoms with Crippen molar-refractivity contribution in [2.45, 2.75) is 12.8 Å². The molecule has 0 spiro atoms. The lowest BCUT2D eigenvalue weighted by Gasteiger charge is -2.19. The Labute approximate surface area is 153 Å². The van der Waals surface area contributed by atoms with Crippen molar-refractivity contribution in [1.82, 2.24) is 5.32 Å². The summed E-state index contributed by atoms with van der Waals surface area (Å²) in [5.41, 5.74) is 3.38. The molecule has 0 saturated heterocycles. The minimum absolute atomic E-state index is 0.125. The normalized spacial score (nSPS) is 13.0. The molecule has 2 aromatic carbocycles. The van der Waals surface area contributed by atoms with Gasteiger partial charge in [-0.1, -0.05) is 12.1 Å². The third-order valence-electron chi connectivity index (χ3n) is 4.48. The summed E-state index contributed by atoms with van der Waals surface area (Å²) < 4.78 is 5.27. The molecule has 5 nitrogen and oxygen atoms in total. The van der Waals surface area contributed by atoms with Crippen molar-refractivity contribution in [3.8, 4) is 11.5 Å². The molecule has 3 rings (SSSR count). The SMILES string of the molecule is COc1ccc2c(c1)CCN2CCCNC(=O)/C=C/c1cccc(O)c1. The van der Waals surface area contributed by atoms with Gasteiger partial charge in [-0.05, 0) is 60.4 Å². The number of methoxy groups -OCH3 is 1. The Hall–Kier alpha value is -2.95. The van der Waals surface area contributed by atoms with E-state index >= 15 is 0 Å². The summed E-state index contributed by atoms with van der Waals surface area (Å²) in [6.45, 7) is 2.55. The van der Waals surface area contributed by atoms with Gasteiger partial charge in [-0.3, -0.25) is 4.79 Å². The van der Waals surface area contributed by atoms with Gasteiger partial charge < -0.3 is 20.1 Å². The number of phenolic OH excluding ortho intramolecular Hbond substituents is 1. The second-order valence-corrected chi connectivity index (χ2v) is 6.30. The van der Waals surface area contributed by atoms with Crippen LogP contribution >= 0.6 is 0 Å². The van der Waals surface area contributed by atoms with Gasteiger partial charge >= 0.3 is 0 Å². The van der Waals surface area contributed by atoms with E-state index < -0.39 is 0 Å². The second-order valence-electron chi connectivity index (χ2n) is 6.30. The molecule has 2 aromatic rings. The number of nitrogens with one attached hydrogen (secondary N) is 1. The maximum atomic E-state index is 11.9. The van der Waals surface area contributed by atoms with Gasteiger partial charge in [0.2, 0.25) is 5.91 Å². The molecule has 0 radical (unpaired) electrons. The van der Waals surface area contributed by atoms with Crippen LogP contribution in [0.1, 0.15) is 17.5 Å². The third-order valence-corrected chi connectivity index (χ3v) is 4.48. The van der Waals surface area contributed by atoms with E-state index in [1.54, 1.807) is 31.4 Å². The molecule has 0 unspecified atom stereocenters. The minimum atomic E-state index is -0.125. The average molecular weight is 352 g/mol. The molecule has 1 aliphatic heterocycles. The summed E-state index contributed by atoms with van der Waals surface area (Å²) >= 11 is 0. The van der Waals surface area contributed by atoms with E-state index in [2.05, 4.69) is 22.3 Å². The van der Waals surface area contributed by atoms with E-state index in [-0.39, 0.29) is 11.7 Å². The van der Waals surface area contributed by atoms with Gasteiger partial charge in [0.25, 0.3) is 0 Å². The van der Waals surface area contributed by atoms with Crippen molar-refractivity contribution in [2.24, 2.45) is 0 Å². The van der Waals surface area contributed by atoms with Gasteiger partial charge in [-0.15, -0.1) is 0 Å². The molecule has 2 N–H and O–H groups in total. The first-order valence-electron chi connectivity index (χ1n) is 8.82. The molecule has 5 heteroatoms. The maximum absolute atomic E-state index is 11.9. The number of amides is 1. The van der Waals surface area contributed by atoms with Crippen LogP contribution in [0.25, 0.3) is 6.08 Å². The third kappa shape index (κ3) is 4.57. The number of carbonyl (C=O) groups is 1. The number of anilines is 1. The average Bonchev–Trinajstić information content (AvgIpc) is 3.05. The highest BCUT2D eigenvalue weighted by Gasteiger charge is 2.18. The predicted octanol–water partition coefficient (Wildman–Crippen LogP) is 2.98. The Kier molecular flexibility index (Phi) is 5.79. The number of ether oxygens (including phenoxy) is 1. The highest BCUT2D eigenvalue weighted by molar-refractivity contribution is 5.91. The lowest BCUT2D eigenvalue weighted by atomic mass is 10.1. The number of nitrogens with zero attached hydrogens (tertiary/aromatic N) is 1. The summed E-state index contributed by atoms with van der Waals surface area (Å²) in [6, 6.07) is 13.0. The van der Waals surface area contributed by atoms with Crippen LogP contribution in [0.3, 0.4) is 0 Å². The van der Waals surface area contributed by atoms with Crippen LogP contribution in [0.2, 0.25) is 0 Å². The van der Waals surface area contributed by atoms with Crippen LogP contribution in [-0.4, -0.2) is 37.8 Å². The molecule has 1 aliphatic rings. The Morgan fingerprint density at radius 1 is 1.31 bits per heavy atom. The van der Waals surface area contributed by atoms with Crippen LogP contribution < -0.4 is 15.0 Å². The van der Waals surface area contributed by atoms with Gasteiger partial charge in [0.05, 0.1) is 7.11 Å². The monoisotopic (exact) mass is 352 g/mol. The first-order chi connectivity index (χ1) is 12.7. The molecule has 0 bridgehead atoms. The fourth-order valence-electron chi connectivity index (χ4n) is 3.15. The Balaban J connectivity index is 1.42. The highest BCUT2D eigenvalue weighted by Crippen LogP contribution is 2.31. The van der Waals surface area contributed by atoms with Gasteiger partial charge in [-0.2, -0.15) is 0 Å². The molecular formula is C21H24N2O3. The Bertz CT molecular complexity index is 802. The van der Waals surface area contributed by atoms with E-state index in [4.69, 9.17) is 4.74 Å². The zero-order valence-corrected chi connectivity index (χ0v) is 14.9. The largest absolute Gasteiger partial charge is 0.508 e. The second kappa shape index (κ2) is 8.43. The number of hydrogen-bond acceptors (Lipinski definition) is 4.